The Labute approximate surface area is 202 Å². The van der Waals surface area contributed by atoms with Crippen LogP contribution in [-0.2, 0) is 13.0 Å². The van der Waals surface area contributed by atoms with E-state index < -0.39 is 0 Å². The first kappa shape index (κ1) is 25.2. The second-order valence-electron chi connectivity index (χ2n) is 8.94. The molecule has 2 atom stereocenters. The molecular weight excluding hydrogens is 433 g/mol. The van der Waals surface area contributed by atoms with Crippen molar-refractivity contribution in [2.75, 3.05) is 5.32 Å². The fourth-order valence-corrected chi connectivity index (χ4v) is 4.93. The molecule has 33 heavy (non-hydrogen) atoms. The van der Waals surface area contributed by atoms with E-state index in [1.165, 1.54) is 50.7 Å². The second-order valence-corrected chi connectivity index (χ2v) is 9.35. The summed E-state index contributed by atoms with van der Waals surface area (Å²) in [5.41, 5.74) is 3.68. The number of rotatable bonds is 9. The van der Waals surface area contributed by atoms with Crippen LogP contribution in [0.1, 0.15) is 64.1 Å². The first-order chi connectivity index (χ1) is 15.6. The van der Waals surface area contributed by atoms with Gasteiger partial charge in [-0.1, -0.05) is 69.8 Å². The van der Waals surface area contributed by atoms with Crippen LogP contribution in [-0.4, -0.2) is 9.97 Å². The summed E-state index contributed by atoms with van der Waals surface area (Å²) in [6.45, 7) is 2.77. The summed E-state index contributed by atoms with van der Waals surface area (Å²) in [5, 5.41) is 3.88. The number of nitrogens with one attached hydrogen (secondary N) is 1. The highest BCUT2D eigenvalue weighted by Crippen LogP contribution is 2.36. The Morgan fingerprint density at radius 1 is 1.09 bits per heavy atom. The van der Waals surface area contributed by atoms with Crippen molar-refractivity contribution in [1.29, 1.82) is 0 Å². The fraction of sp³-hybridized carbons (Fsp3) is 0.429. The quantitative estimate of drug-likeness (QED) is 0.343. The molecule has 0 spiro atoms. The van der Waals surface area contributed by atoms with E-state index in [1.807, 2.05) is 24.3 Å². The summed E-state index contributed by atoms with van der Waals surface area (Å²) in [4.78, 5) is 9.35. The number of nitrogens with zero attached hydrogens (tertiary/aromatic N) is 2. The van der Waals surface area contributed by atoms with E-state index in [4.69, 9.17) is 16.6 Å². The van der Waals surface area contributed by atoms with Gasteiger partial charge in [0.2, 0.25) is 0 Å². The molecule has 0 bridgehead atoms. The summed E-state index contributed by atoms with van der Waals surface area (Å²) in [6, 6.07) is 14.5. The number of unbranched alkanes of at least 4 members (excludes halogenated alkanes) is 1. The normalized spacial score (nSPS) is 17.5. The first-order valence-electron chi connectivity index (χ1n) is 11.7. The van der Waals surface area contributed by atoms with Crippen LogP contribution in [0.5, 0.6) is 0 Å². The van der Waals surface area contributed by atoms with Crippen molar-refractivity contribution in [2.45, 2.75) is 65.8 Å². The van der Waals surface area contributed by atoms with Crippen LogP contribution >= 0.6 is 11.6 Å². The molecule has 3 nitrogen and oxygen atoms in total. The zero-order chi connectivity index (χ0) is 22.3. The lowest BCUT2D eigenvalue weighted by molar-refractivity contribution is 0.447. The zero-order valence-electron chi connectivity index (χ0n) is 18.7. The Bertz CT molecular complexity index is 1040. The molecule has 1 aliphatic carbocycles. The molecule has 0 amide bonds. The Morgan fingerprint density at radius 3 is 2.73 bits per heavy atom. The van der Waals surface area contributed by atoms with E-state index >= 15 is 0 Å². The average Bonchev–Trinajstić information content (AvgIpc) is 3.25. The molecule has 1 aliphatic rings. The van der Waals surface area contributed by atoms with Gasteiger partial charge in [-0.25, -0.2) is 9.37 Å². The summed E-state index contributed by atoms with van der Waals surface area (Å²) in [6.07, 6.45) is 10.7. The summed E-state index contributed by atoms with van der Waals surface area (Å²) < 4.78 is 13.4. The van der Waals surface area contributed by atoms with Crippen molar-refractivity contribution in [3.05, 3.63) is 76.8 Å². The van der Waals surface area contributed by atoms with Gasteiger partial charge in [-0.3, -0.25) is 4.98 Å². The van der Waals surface area contributed by atoms with Gasteiger partial charge in [0.25, 0.3) is 0 Å². The molecule has 1 saturated carbocycles. The molecular formula is C28H35ClFN3. The van der Waals surface area contributed by atoms with Gasteiger partial charge in [-0.15, -0.1) is 0 Å². The second kappa shape index (κ2) is 12.1. The highest BCUT2D eigenvalue weighted by Gasteiger charge is 2.25. The molecule has 0 unspecified atom stereocenters. The maximum absolute atomic E-state index is 13.4. The minimum atomic E-state index is -0.235. The number of hydrogen-bond donors (Lipinski definition) is 1. The number of hydrogen-bond acceptors (Lipinski definition) is 3. The molecule has 5 heteroatoms. The van der Waals surface area contributed by atoms with Crippen molar-refractivity contribution in [3.8, 4) is 11.3 Å². The third-order valence-corrected chi connectivity index (χ3v) is 6.71. The highest BCUT2D eigenvalue weighted by molar-refractivity contribution is 6.33. The lowest BCUT2D eigenvalue weighted by atomic mass is 9.96. The minimum Gasteiger partial charge on any atom is -0.366 e. The Kier molecular flexibility index (Phi) is 9.25. The minimum absolute atomic E-state index is 0. The fourth-order valence-electron chi connectivity index (χ4n) is 4.73. The number of anilines is 1. The third-order valence-electron chi connectivity index (χ3n) is 6.41. The predicted molar refractivity (Wildman–Crippen MR) is 137 cm³/mol. The molecule has 3 aromatic rings. The van der Waals surface area contributed by atoms with E-state index in [0.29, 0.717) is 17.5 Å². The molecule has 4 rings (SSSR count). The molecule has 176 valence electrons. The largest absolute Gasteiger partial charge is 0.366 e. The van der Waals surface area contributed by atoms with Crippen LogP contribution in [0.2, 0.25) is 5.02 Å². The van der Waals surface area contributed by atoms with E-state index in [0.717, 1.165) is 40.7 Å². The van der Waals surface area contributed by atoms with Gasteiger partial charge in [-0.05, 0) is 67.0 Å². The SMILES string of the molecule is C.CCCC[C@@H]1CC[C@H](Cc2cc(-c3cccc(NCc4cccc(F)c4)n3)c(Cl)cn2)C1. The van der Waals surface area contributed by atoms with Gasteiger partial charge in [0.15, 0.2) is 0 Å². The number of aromatic nitrogens is 2. The zero-order valence-corrected chi connectivity index (χ0v) is 19.4. The molecule has 1 fully saturated rings. The molecule has 0 saturated heterocycles. The topological polar surface area (TPSA) is 37.8 Å². The molecule has 1 N–H and O–H groups in total. The smallest absolute Gasteiger partial charge is 0.126 e. The van der Waals surface area contributed by atoms with Crippen LogP contribution in [0.4, 0.5) is 10.2 Å². The summed E-state index contributed by atoms with van der Waals surface area (Å²) in [7, 11) is 0. The van der Waals surface area contributed by atoms with Crippen LogP contribution in [0.3, 0.4) is 0 Å². The Morgan fingerprint density at radius 2 is 1.91 bits per heavy atom. The maximum atomic E-state index is 13.4. The molecule has 2 heterocycles. The number of benzene rings is 1. The van der Waals surface area contributed by atoms with Crippen LogP contribution in [0.15, 0.2) is 54.7 Å². The van der Waals surface area contributed by atoms with Crippen molar-refractivity contribution >= 4 is 17.4 Å². The number of pyridine rings is 2. The summed E-state index contributed by atoms with van der Waals surface area (Å²) in [5.74, 6) is 2.09. The van der Waals surface area contributed by atoms with Crippen LogP contribution in [0.25, 0.3) is 11.3 Å². The third kappa shape index (κ3) is 7.01. The van der Waals surface area contributed by atoms with Gasteiger partial charge in [-0.2, -0.15) is 0 Å². The first-order valence-corrected chi connectivity index (χ1v) is 12.1. The van der Waals surface area contributed by atoms with E-state index in [2.05, 4.69) is 23.3 Å². The van der Waals surface area contributed by atoms with Crippen molar-refractivity contribution in [1.82, 2.24) is 9.97 Å². The van der Waals surface area contributed by atoms with E-state index in [-0.39, 0.29) is 13.2 Å². The molecule has 0 radical (unpaired) electrons. The van der Waals surface area contributed by atoms with E-state index in [9.17, 15) is 4.39 Å². The Balaban J connectivity index is 0.00000306. The highest BCUT2D eigenvalue weighted by atomic mass is 35.5. The van der Waals surface area contributed by atoms with Gasteiger partial charge < -0.3 is 5.32 Å². The Hall–Kier alpha value is -2.46. The van der Waals surface area contributed by atoms with Crippen LogP contribution < -0.4 is 5.32 Å². The monoisotopic (exact) mass is 467 g/mol. The van der Waals surface area contributed by atoms with Gasteiger partial charge >= 0.3 is 0 Å². The van der Waals surface area contributed by atoms with Crippen molar-refractivity contribution in [3.63, 3.8) is 0 Å². The average molecular weight is 468 g/mol. The molecule has 1 aromatic carbocycles. The van der Waals surface area contributed by atoms with E-state index in [1.54, 1.807) is 12.3 Å². The van der Waals surface area contributed by atoms with Gasteiger partial charge in [0.1, 0.15) is 11.6 Å². The van der Waals surface area contributed by atoms with Crippen molar-refractivity contribution < 1.29 is 4.39 Å². The number of halogens is 2. The summed E-state index contributed by atoms with van der Waals surface area (Å²) >= 11 is 6.51. The lowest BCUT2D eigenvalue weighted by Crippen LogP contribution is -2.04. The molecule has 2 aromatic heterocycles. The van der Waals surface area contributed by atoms with Crippen LogP contribution in [0, 0.1) is 17.7 Å². The van der Waals surface area contributed by atoms with Gasteiger partial charge in [0, 0.05) is 24.0 Å². The van der Waals surface area contributed by atoms with Gasteiger partial charge in [0.05, 0.1) is 10.7 Å². The molecule has 0 aliphatic heterocycles. The maximum Gasteiger partial charge on any atom is 0.126 e. The predicted octanol–water partition coefficient (Wildman–Crippen LogP) is 8.33. The standard InChI is InChI=1S/C27H31ClFN3.CH4/c1-2-3-6-19-11-12-20(13-19)15-23-16-24(25(28)18-30-23)26-9-5-10-27(32-26)31-17-21-7-4-8-22(29)14-21;/h4-5,7-10,14,16,18-20H,2-3,6,11-13,15,17H2,1H3,(H,31,32);1H4/t19-,20+;/m1./s1. The lowest BCUT2D eigenvalue weighted by Gasteiger charge is -2.13. The van der Waals surface area contributed by atoms with Crippen molar-refractivity contribution in [2.24, 2.45) is 11.8 Å².